The summed E-state index contributed by atoms with van der Waals surface area (Å²) in [5.41, 5.74) is 2.97. The number of aromatic carboxylic acids is 2. The van der Waals surface area contributed by atoms with Gasteiger partial charge in [-0.25, -0.2) is 9.59 Å². The molecule has 1 aliphatic carbocycles. The summed E-state index contributed by atoms with van der Waals surface area (Å²) < 4.78 is 0. The predicted octanol–water partition coefficient (Wildman–Crippen LogP) is 3.76. The Labute approximate surface area is 118 Å². The molecule has 4 heteroatoms. The highest BCUT2D eigenvalue weighted by atomic mass is 16.4. The fraction of sp³-hybridized carbons (Fsp3) is 0.250. The molecule has 0 saturated heterocycles. The van der Waals surface area contributed by atoms with Crippen LogP contribution in [0.25, 0.3) is 0 Å². The van der Waals surface area contributed by atoms with Crippen LogP contribution in [0.15, 0.2) is 48.6 Å². The summed E-state index contributed by atoms with van der Waals surface area (Å²) in [6.45, 7) is 7.82. The topological polar surface area (TPSA) is 74.6 Å². The number of carboxylic acid groups (broad SMARTS) is 2. The van der Waals surface area contributed by atoms with Gasteiger partial charge in [-0.15, -0.1) is 0 Å². The lowest BCUT2D eigenvalue weighted by Crippen LogP contribution is -1.99. The molecule has 106 valence electrons. The second-order valence-corrected chi connectivity index (χ2v) is 4.69. The Morgan fingerprint density at radius 3 is 1.20 bits per heavy atom. The van der Waals surface area contributed by atoms with Gasteiger partial charge in [0.1, 0.15) is 0 Å². The maximum Gasteiger partial charge on any atom is 0.335 e. The zero-order chi connectivity index (χ0) is 15.1. The molecule has 1 aromatic rings. The first-order chi connectivity index (χ1) is 9.40. The summed E-state index contributed by atoms with van der Waals surface area (Å²) in [4.78, 5) is 20.7. The van der Waals surface area contributed by atoms with Crippen LogP contribution in [0.2, 0.25) is 0 Å². The molecule has 4 nitrogen and oxygen atoms in total. The molecule has 1 aromatic carbocycles. The van der Waals surface area contributed by atoms with Crippen molar-refractivity contribution in [2.75, 3.05) is 0 Å². The molecule has 0 spiro atoms. The Bertz CT molecular complexity index is 465. The number of rotatable bonds is 2. The van der Waals surface area contributed by atoms with Crippen molar-refractivity contribution < 1.29 is 19.8 Å². The van der Waals surface area contributed by atoms with E-state index in [1.807, 2.05) is 0 Å². The number of carboxylic acids is 2. The van der Waals surface area contributed by atoms with Gasteiger partial charge in [0.05, 0.1) is 11.1 Å². The van der Waals surface area contributed by atoms with Crippen LogP contribution >= 0.6 is 0 Å². The minimum Gasteiger partial charge on any atom is -0.478 e. The first-order valence-corrected chi connectivity index (χ1v) is 6.30. The Morgan fingerprint density at radius 2 is 1.00 bits per heavy atom. The van der Waals surface area contributed by atoms with Gasteiger partial charge in [-0.3, -0.25) is 0 Å². The van der Waals surface area contributed by atoms with Gasteiger partial charge in [-0.05, 0) is 49.9 Å². The van der Waals surface area contributed by atoms with Gasteiger partial charge in [-0.2, -0.15) is 0 Å². The zero-order valence-corrected chi connectivity index (χ0v) is 11.3. The highest BCUT2D eigenvalue weighted by Crippen LogP contribution is 2.24. The van der Waals surface area contributed by atoms with Gasteiger partial charge < -0.3 is 10.2 Å². The first-order valence-electron chi connectivity index (χ1n) is 6.30. The second-order valence-electron chi connectivity index (χ2n) is 4.69. The molecule has 1 aliphatic rings. The van der Waals surface area contributed by atoms with Crippen LogP contribution in [0, 0.1) is 0 Å². The fourth-order valence-electron chi connectivity index (χ4n) is 1.71. The average molecular weight is 274 g/mol. The summed E-state index contributed by atoms with van der Waals surface area (Å²) in [5, 5.41) is 16.9. The maximum atomic E-state index is 10.3. The van der Waals surface area contributed by atoms with Crippen LogP contribution in [-0.2, 0) is 0 Å². The van der Waals surface area contributed by atoms with Crippen molar-refractivity contribution in [3.8, 4) is 0 Å². The highest BCUT2D eigenvalue weighted by Gasteiger charge is 2.05. The number of hydrogen-bond donors (Lipinski definition) is 2. The van der Waals surface area contributed by atoms with Crippen LogP contribution in [-0.4, -0.2) is 22.2 Å². The van der Waals surface area contributed by atoms with Crippen molar-refractivity contribution in [1.29, 1.82) is 0 Å². The van der Waals surface area contributed by atoms with Crippen molar-refractivity contribution in [3.05, 3.63) is 59.7 Å². The minimum atomic E-state index is -1.06. The lowest BCUT2D eigenvalue weighted by atomic mass is 9.93. The van der Waals surface area contributed by atoms with E-state index in [0.29, 0.717) is 0 Å². The molecular formula is C16H18O4. The molecule has 0 heterocycles. The molecule has 0 radical (unpaired) electrons. The Morgan fingerprint density at radius 1 is 0.750 bits per heavy atom. The quantitative estimate of drug-likeness (QED) is 0.805. The van der Waals surface area contributed by atoms with E-state index in [9.17, 15) is 9.59 Å². The van der Waals surface area contributed by atoms with Gasteiger partial charge in [0.2, 0.25) is 0 Å². The lowest BCUT2D eigenvalue weighted by Gasteiger charge is -2.13. The number of carbonyl (C=O) groups is 2. The van der Waals surface area contributed by atoms with E-state index in [1.54, 1.807) is 0 Å². The molecule has 2 rings (SSSR count). The molecule has 0 bridgehead atoms. The van der Waals surface area contributed by atoms with Crippen LogP contribution in [0.1, 0.15) is 46.4 Å². The molecule has 0 amide bonds. The minimum absolute atomic E-state index is 0.0833. The summed E-state index contributed by atoms with van der Waals surface area (Å²) >= 11 is 0. The van der Waals surface area contributed by atoms with Gasteiger partial charge in [0.15, 0.2) is 0 Å². The Balaban J connectivity index is 0.000000217. The van der Waals surface area contributed by atoms with Crippen molar-refractivity contribution >= 4 is 11.9 Å². The Hall–Kier alpha value is -2.36. The maximum absolute atomic E-state index is 10.3. The first kappa shape index (κ1) is 15.7. The monoisotopic (exact) mass is 274 g/mol. The molecule has 0 aliphatic heterocycles. The summed E-state index contributed by atoms with van der Waals surface area (Å²) in [5.74, 6) is -2.13. The van der Waals surface area contributed by atoms with Crippen LogP contribution < -0.4 is 0 Å². The van der Waals surface area contributed by atoms with E-state index in [-0.39, 0.29) is 11.1 Å². The van der Waals surface area contributed by atoms with Crippen molar-refractivity contribution in [2.45, 2.75) is 25.7 Å². The highest BCUT2D eigenvalue weighted by molar-refractivity contribution is 5.91. The van der Waals surface area contributed by atoms with Crippen molar-refractivity contribution in [2.24, 2.45) is 0 Å². The van der Waals surface area contributed by atoms with Gasteiger partial charge in [0, 0.05) is 0 Å². The third-order valence-electron chi connectivity index (χ3n) is 3.04. The third kappa shape index (κ3) is 5.10. The van der Waals surface area contributed by atoms with Crippen LogP contribution in [0.5, 0.6) is 0 Å². The van der Waals surface area contributed by atoms with E-state index in [2.05, 4.69) is 13.2 Å². The predicted molar refractivity (Wildman–Crippen MR) is 77.1 cm³/mol. The lowest BCUT2D eigenvalue weighted by molar-refractivity contribution is 0.0681. The summed E-state index contributed by atoms with van der Waals surface area (Å²) in [7, 11) is 0. The van der Waals surface area contributed by atoms with Gasteiger partial charge in [-0.1, -0.05) is 24.3 Å². The van der Waals surface area contributed by atoms with Crippen molar-refractivity contribution in [3.63, 3.8) is 0 Å². The SMILES string of the molecule is C=C1CCC(=C)CC1.O=C(O)c1ccc(C(=O)O)cc1. The number of hydrogen-bond acceptors (Lipinski definition) is 2. The molecule has 0 atom stereocenters. The van der Waals surface area contributed by atoms with E-state index in [4.69, 9.17) is 10.2 Å². The van der Waals surface area contributed by atoms with Crippen molar-refractivity contribution in [1.82, 2.24) is 0 Å². The third-order valence-corrected chi connectivity index (χ3v) is 3.04. The van der Waals surface area contributed by atoms with Crippen LogP contribution in [0.4, 0.5) is 0 Å². The number of benzene rings is 1. The molecular weight excluding hydrogens is 256 g/mol. The average Bonchev–Trinajstić information content (AvgIpc) is 2.43. The smallest absolute Gasteiger partial charge is 0.335 e. The molecule has 1 saturated carbocycles. The number of allylic oxidation sites excluding steroid dienone is 2. The van der Waals surface area contributed by atoms with E-state index in [0.717, 1.165) is 0 Å². The molecule has 1 fully saturated rings. The normalized spacial score (nSPS) is 14.2. The summed E-state index contributed by atoms with van der Waals surface area (Å²) in [6, 6.07) is 5.02. The van der Waals surface area contributed by atoms with E-state index < -0.39 is 11.9 Å². The van der Waals surface area contributed by atoms with Gasteiger partial charge >= 0.3 is 11.9 Å². The van der Waals surface area contributed by atoms with Crippen LogP contribution in [0.3, 0.4) is 0 Å². The second kappa shape index (κ2) is 7.28. The molecule has 2 N–H and O–H groups in total. The zero-order valence-electron chi connectivity index (χ0n) is 11.3. The molecule has 0 unspecified atom stereocenters. The van der Waals surface area contributed by atoms with E-state index >= 15 is 0 Å². The van der Waals surface area contributed by atoms with Gasteiger partial charge in [0.25, 0.3) is 0 Å². The fourth-order valence-corrected chi connectivity index (χ4v) is 1.71. The molecule has 0 aromatic heterocycles. The Kier molecular flexibility index (Phi) is 5.72. The standard InChI is InChI=1S/C8H6O4.C8H12/c9-7(10)5-1-2-6(4-3-5)8(11)12;1-7-3-5-8(2)6-4-7/h1-4H,(H,9,10)(H,11,12);1-6H2. The van der Waals surface area contributed by atoms with E-state index in [1.165, 1.54) is 61.1 Å². The summed E-state index contributed by atoms with van der Waals surface area (Å²) in [6.07, 6.45) is 4.72. The molecule has 20 heavy (non-hydrogen) atoms. The largest absolute Gasteiger partial charge is 0.478 e.